The molecule has 0 spiro atoms. The Labute approximate surface area is 104 Å². The van der Waals surface area contributed by atoms with Crippen molar-refractivity contribution in [2.24, 2.45) is 5.92 Å². The van der Waals surface area contributed by atoms with Crippen molar-refractivity contribution in [3.63, 3.8) is 0 Å². The smallest absolute Gasteiger partial charge is 0.251 e. The van der Waals surface area contributed by atoms with E-state index in [1.807, 2.05) is 0 Å². The highest BCUT2D eigenvalue weighted by atomic mass is 35.5. The van der Waals surface area contributed by atoms with Gasteiger partial charge in [0.2, 0.25) is 0 Å². The van der Waals surface area contributed by atoms with Gasteiger partial charge >= 0.3 is 0 Å². The summed E-state index contributed by atoms with van der Waals surface area (Å²) < 4.78 is 12.9. The van der Waals surface area contributed by atoms with Crippen LogP contribution in [0.4, 0.5) is 4.39 Å². The van der Waals surface area contributed by atoms with E-state index in [-0.39, 0.29) is 28.8 Å². The van der Waals surface area contributed by atoms with Crippen LogP contribution in [0.25, 0.3) is 0 Å². The fraction of sp³-hybridized carbons (Fsp3) is 0.333. The van der Waals surface area contributed by atoms with Crippen LogP contribution in [0.1, 0.15) is 24.2 Å². The van der Waals surface area contributed by atoms with E-state index < -0.39 is 11.7 Å². The maximum atomic E-state index is 12.9. The van der Waals surface area contributed by atoms with Crippen LogP contribution >= 0.6 is 11.6 Å². The Balaban J connectivity index is 2.64. The molecule has 0 heterocycles. The highest BCUT2D eigenvalue weighted by molar-refractivity contribution is 6.31. The van der Waals surface area contributed by atoms with E-state index in [1.54, 1.807) is 13.8 Å². The summed E-state index contributed by atoms with van der Waals surface area (Å²) in [7, 11) is 0. The highest BCUT2D eigenvalue weighted by Gasteiger charge is 2.11. The van der Waals surface area contributed by atoms with E-state index in [1.165, 1.54) is 12.1 Å². The molecular formula is C12H13ClFNO2. The predicted molar refractivity (Wildman–Crippen MR) is 63.6 cm³/mol. The van der Waals surface area contributed by atoms with Crippen LogP contribution in [-0.2, 0) is 4.79 Å². The highest BCUT2D eigenvalue weighted by Crippen LogP contribution is 2.15. The fourth-order valence-electron chi connectivity index (χ4n) is 1.11. The van der Waals surface area contributed by atoms with Crippen molar-refractivity contribution in [2.75, 3.05) is 6.54 Å². The maximum Gasteiger partial charge on any atom is 0.251 e. The molecule has 17 heavy (non-hydrogen) atoms. The molecule has 92 valence electrons. The second kappa shape index (κ2) is 5.77. The van der Waals surface area contributed by atoms with Gasteiger partial charge in [0.25, 0.3) is 5.91 Å². The third kappa shape index (κ3) is 3.82. The van der Waals surface area contributed by atoms with Gasteiger partial charge in [-0.1, -0.05) is 25.4 Å². The van der Waals surface area contributed by atoms with Gasteiger partial charge in [0.1, 0.15) is 5.82 Å². The molecule has 1 amide bonds. The van der Waals surface area contributed by atoms with E-state index in [0.717, 1.165) is 6.07 Å². The molecule has 0 saturated carbocycles. The molecule has 1 rings (SSSR count). The van der Waals surface area contributed by atoms with Crippen LogP contribution < -0.4 is 5.32 Å². The molecule has 5 heteroatoms. The average Bonchev–Trinajstić information content (AvgIpc) is 2.28. The minimum absolute atomic E-state index is 0.0362. The van der Waals surface area contributed by atoms with Crippen molar-refractivity contribution in [1.29, 1.82) is 0 Å². The summed E-state index contributed by atoms with van der Waals surface area (Å²) in [5.41, 5.74) is 0.230. The number of hydrogen-bond donors (Lipinski definition) is 1. The van der Waals surface area contributed by atoms with Gasteiger partial charge < -0.3 is 5.32 Å². The number of halogens is 2. The van der Waals surface area contributed by atoms with Gasteiger partial charge in [0, 0.05) is 11.5 Å². The summed E-state index contributed by atoms with van der Waals surface area (Å²) in [6.07, 6.45) is 0. The molecule has 0 aliphatic carbocycles. The Morgan fingerprint density at radius 1 is 1.41 bits per heavy atom. The van der Waals surface area contributed by atoms with E-state index in [0.29, 0.717) is 0 Å². The van der Waals surface area contributed by atoms with Gasteiger partial charge in [-0.3, -0.25) is 9.59 Å². The van der Waals surface area contributed by atoms with Crippen molar-refractivity contribution < 1.29 is 14.0 Å². The molecule has 1 aromatic carbocycles. The Kier molecular flexibility index (Phi) is 4.63. The van der Waals surface area contributed by atoms with Crippen molar-refractivity contribution in [1.82, 2.24) is 5.32 Å². The molecule has 0 aliphatic heterocycles. The van der Waals surface area contributed by atoms with Gasteiger partial charge in [-0.05, 0) is 18.2 Å². The normalized spacial score (nSPS) is 10.4. The first-order valence-corrected chi connectivity index (χ1v) is 5.55. The van der Waals surface area contributed by atoms with Crippen LogP contribution in [0.15, 0.2) is 18.2 Å². The van der Waals surface area contributed by atoms with Crippen molar-refractivity contribution in [3.05, 3.63) is 34.6 Å². The standard InChI is InChI=1S/C12H13ClFNO2/c1-7(2)11(16)6-15-12(17)8-3-4-10(14)9(13)5-8/h3-5,7H,6H2,1-2H3,(H,15,17). The molecule has 1 aromatic rings. The first kappa shape index (κ1) is 13.6. The largest absolute Gasteiger partial charge is 0.345 e. The topological polar surface area (TPSA) is 46.2 Å². The predicted octanol–water partition coefficient (Wildman–Crippen LogP) is 2.43. The fourth-order valence-corrected chi connectivity index (χ4v) is 1.29. The molecule has 0 fully saturated rings. The molecule has 0 saturated heterocycles. The number of rotatable bonds is 4. The number of Topliss-reactive ketones (excluding diaryl/α,β-unsaturated/α-hetero) is 1. The molecule has 0 unspecified atom stereocenters. The Hall–Kier alpha value is -1.42. The first-order chi connectivity index (χ1) is 7.91. The monoisotopic (exact) mass is 257 g/mol. The molecule has 3 nitrogen and oxygen atoms in total. The molecule has 1 N–H and O–H groups in total. The Morgan fingerprint density at radius 3 is 2.59 bits per heavy atom. The van der Waals surface area contributed by atoms with Gasteiger partial charge in [-0.15, -0.1) is 0 Å². The summed E-state index contributed by atoms with van der Waals surface area (Å²) in [4.78, 5) is 22.9. The molecule has 0 radical (unpaired) electrons. The zero-order chi connectivity index (χ0) is 13.0. The van der Waals surface area contributed by atoms with Crippen LogP contribution in [0.5, 0.6) is 0 Å². The van der Waals surface area contributed by atoms with Crippen LogP contribution in [0.2, 0.25) is 5.02 Å². The lowest BCUT2D eigenvalue weighted by Gasteiger charge is -2.07. The number of hydrogen-bond acceptors (Lipinski definition) is 2. The van der Waals surface area contributed by atoms with Gasteiger partial charge in [0.05, 0.1) is 11.6 Å². The number of carbonyl (C=O) groups excluding carboxylic acids is 2. The number of nitrogens with one attached hydrogen (secondary N) is 1. The van der Waals surface area contributed by atoms with Gasteiger partial charge in [-0.2, -0.15) is 0 Å². The number of carbonyl (C=O) groups is 2. The molecular weight excluding hydrogens is 245 g/mol. The quantitative estimate of drug-likeness (QED) is 0.901. The van der Waals surface area contributed by atoms with Gasteiger partial charge in [-0.25, -0.2) is 4.39 Å². The lowest BCUT2D eigenvalue weighted by atomic mass is 10.1. The van der Waals surface area contributed by atoms with E-state index >= 15 is 0 Å². The number of amides is 1. The molecule has 0 aliphatic rings. The van der Waals surface area contributed by atoms with Crippen LogP contribution in [0.3, 0.4) is 0 Å². The summed E-state index contributed by atoms with van der Waals surface area (Å²) in [6.45, 7) is 3.47. The minimum atomic E-state index is -0.582. The number of benzene rings is 1. The summed E-state index contributed by atoms with van der Waals surface area (Å²) in [6, 6.07) is 3.66. The summed E-state index contributed by atoms with van der Waals surface area (Å²) >= 11 is 5.55. The van der Waals surface area contributed by atoms with E-state index in [2.05, 4.69) is 5.32 Å². The number of ketones is 1. The lowest BCUT2D eigenvalue weighted by Crippen LogP contribution is -2.31. The third-order valence-electron chi connectivity index (χ3n) is 2.25. The zero-order valence-corrected chi connectivity index (χ0v) is 10.3. The Morgan fingerprint density at radius 2 is 2.06 bits per heavy atom. The van der Waals surface area contributed by atoms with Crippen molar-refractivity contribution in [2.45, 2.75) is 13.8 Å². The second-order valence-corrected chi connectivity index (χ2v) is 4.34. The second-order valence-electron chi connectivity index (χ2n) is 3.93. The van der Waals surface area contributed by atoms with Crippen LogP contribution in [-0.4, -0.2) is 18.2 Å². The van der Waals surface area contributed by atoms with Crippen molar-refractivity contribution >= 4 is 23.3 Å². The molecule has 0 atom stereocenters. The lowest BCUT2D eigenvalue weighted by molar-refractivity contribution is -0.120. The van der Waals surface area contributed by atoms with Crippen LogP contribution in [0, 0.1) is 11.7 Å². The van der Waals surface area contributed by atoms with E-state index in [9.17, 15) is 14.0 Å². The molecule has 0 aromatic heterocycles. The first-order valence-electron chi connectivity index (χ1n) is 5.17. The SMILES string of the molecule is CC(C)C(=O)CNC(=O)c1ccc(F)c(Cl)c1. The third-order valence-corrected chi connectivity index (χ3v) is 2.54. The van der Waals surface area contributed by atoms with E-state index in [4.69, 9.17) is 11.6 Å². The summed E-state index contributed by atoms with van der Waals surface area (Å²) in [5.74, 6) is -1.22. The minimum Gasteiger partial charge on any atom is -0.345 e. The Bertz CT molecular complexity index is 446. The average molecular weight is 258 g/mol. The maximum absolute atomic E-state index is 12.9. The van der Waals surface area contributed by atoms with Gasteiger partial charge in [0.15, 0.2) is 5.78 Å². The zero-order valence-electron chi connectivity index (χ0n) is 9.59. The summed E-state index contributed by atoms with van der Waals surface area (Å²) in [5, 5.41) is 2.34. The molecule has 0 bridgehead atoms. The van der Waals surface area contributed by atoms with Crippen molar-refractivity contribution in [3.8, 4) is 0 Å².